The Hall–Kier alpha value is -0.120. The summed E-state index contributed by atoms with van der Waals surface area (Å²) in [6, 6.07) is 0.721. The first-order valence-electron chi connectivity index (χ1n) is 7.07. The SMILES string of the molecule is COC1CC(N2CCOCC2)CCC1C(C)C. The van der Waals surface area contributed by atoms with Gasteiger partial charge in [-0.1, -0.05) is 13.8 Å². The maximum atomic E-state index is 5.73. The van der Waals surface area contributed by atoms with E-state index in [2.05, 4.69) is 18.7 Å². The summed E-state index contributed by atoms with van der Waals surface area (Å²) < 4.78 is 11.2. The second-order valence-electron chi connectivity index (χ2n) is 5.80. The Morgan fingerprint density at radius 1 is 1.18 bits per heavy atom. The van der Waals surface area contributed by atoms with Crippen molar-refractivity contribution < 1.29 is 9.47 Å². The average molecular weight is 241 g/mol. The fourth-order valence-corrected chi connectivity index (χ4v) is 3.44. The molecule has 3 heteroatoms. The molecule has 17 heavy (non-hydrogen) atoms. The van der Waals surface area contributed by atoms with Gasteiger partial charge in [0.1, 0.15) is 0 Å². The molecule has 1 heterocycles. The third-order valence-corrected chi connectivity index (χ3v) is 4.54. The minimum absolute atomic E-state index is 0.455. The van der Waals surface area contributed by atoms with Crippen molar-refractivity contribution in [3.63, 3.8) is 0 Å². The lowest BCUT2D eigenvalue weighted by molar-refractivity contribution is -0.0490. The quantitative estimate of drug-likeness (QED) is 0.756. The Morgan fingerprint density at radius 3 is 2.47 bits per heavy atom. The van der Waals surface area contributed by atoms with Gasteiger partial charge in [-0.2, -0.15) is 0 Å². The molecule has 2 fully saturated rings. The molecule has 0 aromatic heterocycles. The summed E-state index contributed by atoms with van der Waals surface area (Å²) in [4.78, 5) is 2.60. The van der Waals surface area contributed by atoms with Crippen LogP contribution in [0.25, 0.3) is 0 Å². The molecule has 0 aromatic rings. The minimum Gasteiger partial charge on any atom is -0.381 e. The molecule has 100 valence electrons. The van der Waals surface area contributed by atoms with Crippen molar-refractivity contribution in [2.45, 2.75) is 45.3 Å². The maximum absolute atomic E-state index is 5.73. The zero-order valence-corrected chi connectivity index (χ0v) is 11.5. The van der Waals surface area contributed by atoms with E-state index in [1.165, 1.54) is 19.3 Å². The Bertz CT molecular complexity index is 226. The lowest BCUT2D eigenvalue weighted by Crippen LogP contribution is -2.49. The topological polar surface area (TPSA) is 21.7 Å². The van der Waals surface area contributed by atoms with Crippen molar-refractivity contribution in [2.24, 2.45) is 11.8 Å². The highest BCUT2D eigenvalue weighted by Gasteiger charge is 2.35. The van der Waals surface area contributed by atoms with E-state index in [0.717, 1.165) is 44.2 Å². The second kappa shape index (κ2) is 6.17. The summed E-state index contributed by atoms with van der Waals surface area (Å²) in [5, 5.41) is 0. The van der Waals surface area contributed by atoms with Crippen molar-refractivity contribution in [3.05, 3.63) is 0 Å². The van der Waals surface area contributed by atoms with Crippen molar-refractivity contribution in [1.29, 1.82) is 0 Å². The van der Waals surface area contributed by atoms with Crippen LogP contribution in [0, 0.1) is 11.8 Å². The summed E-state index contributed by atoms with van der Waals surface area (Å²) in [6.07, 6.45) is 4.32. The van der Waals surface area contributed by atoms with E-state index >= 15 is 0 Å². The van der Waals surface area contributed by atoms with Gasteiger partial charge < -0.3 is 9.47 Å². The summed E-state index contributed by atoms with van der Waals surface area (Å²) in [7, 11) is 1.88. The first-order valence-corrected chi connectivity index (χ1v) is 7.07. The Labute approximate surface area is 105 Å². The molecule has 2 rings (SSSR count). The van der Waals surface area contributed by atoms with Crippen LogP contribution in [0.15, 0.2) is 0 Å². The van der Waals surface area contributed by atoms with Gasteiger partial charge in [-0.05, 0) is 31.1 Å². The molecular weight excluding hydrogens is 214 g/mol. The highest BCUT2D eigenvalue weighted by molar-refractivity contribution is 4.87. The smallest absolute Gasteiger partial charge is 0.0616 e. The van der Waals surface area contributed by atoms with E-state index in [1.807, 2.05) is 7.11 Å². The molecule has 1 saturated carbocycles. The minimum atomic E-state index is 0.455. The van der Waals surface area contributed by atoms with E-state index in [-0.39, 0.29) is 0 Å². The summed E-state index contributed by atoms with van der Waals surface area (Å²) in [5.41, 5.74) is 0. The summed E-state index contributed by atoms with van der Waals surface area (Å²) in [6.45, 7) is 8.67. The fourth-order valence-electron chi connectivity index (χ4n) is 3.44. The number of nitrogens with zero attached hydrogens (tertiary/aromatic N) is 1. The molecule has 3 nitrogen and oxygen atoms in total. The molecule has 3 unspecified atom stereocenters. The molecule has 3 atom stereocenters. The third kappa shape index (κ3) is 3.21. The molecule has 0 N–H and O–H groups in total. The lowest BCUT2D eigenvalue weighted by Gasteiger charge is -2.43. The van der Waals surface area contributed by atoms with Gasteiger partial charge in [0.2, 0.25) is 0 Å². The zero-order chi connectivity index (χ0) is 12.3. The van der Waals surface area contributed by atoms with Crippen LogP contribution in [0.3, 0.4) is 0 Å². The van der Waals surface area contributed by atoms with Crippen molar-refractivity contribution in [3.8, 4) is 0 Å². The average Bonchev–Trinajstić information content (AvgIpc) is 2.39. The van der Waals surface area contributed by atoms with Gasteiger partial charge in [0.15, 0.2) is 0 Å². The molecule has 2 aliphatic rings. The van der Waals surface area contributed by atoms with Crippen LogP contribution in [-0.4, -0.2) is 50.5 Å². The number of ether oxygens (including phenoxy) is 2. The molecule has 1 aliphatic heterocycles. The molecule has 0 spiro atoms. The largest absolute Gasteiger partial charge is 0.381 e. The molecular formula is C14H27NO2. The first kappa shape index (κ1) is 13.3. The van der Waals surface area contributed by atoms with E-state index in [4.69, 9.17) is 9.47 Å². The number of hydrogen-bond acceptors (Lipinski definition) is 3. The van der Waals surface area contributed by atoms with Gasteiger partial charge in [0.05, 0.1) is 19.3 Å². The lowest BCUT2D eigenvalue weighted by atomic mass is 9.77. The van der Waals surface area contributed by atoms with Crippen molar-refractivity contribution in [2.75, 3.05) is 33.4 Å². The van der Waals surface area contributed by atoms with Crippen molar-refractivity contribution >= 4 is 0 Å². The fraction of sp³-hybridized carbons (Fsp3) is 1.00. The van der Waals surface area contributed by atoms with Crippen LogP contribution in [0.4, 0.5) is 0 Å². The van der Waals surface area contributed by atoms with Crippen LogP contribution >= 0.6 is 0 Å². The van der Waals surface area contributed by atoms with E-state index < -0.39 is 0 Å². The van der Waals surface area contributed by atoms with Gasteiger partial charge in [0, 0.05) is 26.2 Å². The number of hydrogen-bond donors (Lipinski definition) is 0. The van der Waals surface area contributed by atoms with E-state index in [0.29, 0.717) is 6.10 Å². The van der Waals surface area contributed by atoms with Crippen LogP contribution in [-0.2, 0) is 9.47 Å². The zero-order valence-electron chi connectivity index (χ0n) is 11.5. The van der Waals surface area contributed by atoms with Crippen LogP contribution in [0.1, 0.15) is 33.1 Å². The normalized spacial score (nSPS) is 36.4. The standard InChI is InChI=1S/C14H27NO2/c1-11(2)13-5-4-12(10-14(13)16-3)15-6-8-17-9-7-15/h11-14H,4-10H2,1-3H3. The van der Waals surface area contributed by atoms with Gasteiger partial charge in [-0.15, -0.1) is 0 Å². The van der Waals surface area contributed by atoms with Crippen molar-refractivity contribution in [1.82, 2.24) is 4.90 Å². The molecule has 1 saturated heterocycles. The van der Waals surface area contributed by atoms with E-state index in [1.54, 1.807) is 0 Å². The highest BCUT2D eigenvalue weighted by atomic mass is 16.5. The van der Waals surface area contributed by atoms with Gasteiger partial charge in [-0.3, -0.25) is 4.90 Å². The maximum Gasteiger partial charge on any atom is 0.0616 e. The molecule has 0 radical (unpaired) electrons. The molecule has 0 aromatic carbocycles. The van der Waals surface area contributed by atoms with E-state index in [9.17, 15) is 0 Å². The Kier molecular flexibility index (Phi) is 4.83. The van der Waals surface area contributed by atoms with Crippen LogP contribution < -0.4 is 0 Å². The number of methoxy groups -OCH3 is 1. The predicted octanol–water partition coefficient (Wildman–Crippen LogP) is 2.16. The third-order valence-electron chi connectivity index (χ3n) is 4.54. The predicted molar refractivity (Wildman–Crippen MR) is 69.2 cm³/mol. The molecule has 0 amide bonds. The number of morpholine rings is 1. The van der Waals surface area contributed by atoms with Gasteiger partial charge in [-0.25, -0.2) is 0 Å². The monoisotopic (exact) mass is 241 g/mol. The molecule has 0 bridgehead atoms. The highest BCUT2D eigenvalue weighted by Crippen LogP contribution is 2.34. The van der Waals surface area contributed by atoms with Crippen LogP contribution in [0.2, 0.25) is 0 Å². The first-order chi connectivity index (χ1) is 8.22. The second-order valence-corrected chi connectivity index (χ2v) is 5.80. The molecule has 1 aliphatic carbocycles. The van der Waals surface area contributed by atoms with Crippen LogP contribution in [0.5, 0.6) is 0 Å². The van der Waals surface area contributed by atoms with Gasteiger partial charge in [0.25, 0.3) is 0 Å². The van der Waals surface area contributed by atoms with Gasteiger partial charge >= 0.3 is 0 Å². The Balaban J connectivity index is 1.90. The Morgan fingerprint density at radius 2 is 1.88 bits per heavy atom. The summed E-state index contributed by atoms with van der Waals surface area (Å²) in [5.74, 6) is 1.49. The number of rotatable bonds is 3. The summed E-state index contributed by atoms with van der Waals surface area (Å²) >= 11 is 0.